The van der Waals surface area contributed by atoms with Gasteiger partial charge in [0.15, 0.2) is 16.2 Å². The van der Waals surface area contributed by atoms with Gasteiger partial charge in [-0.05, 0) is 97.3 Å². The van der Waals surface area contributed by atoms with Crippen LogP contribution in [0.2, 0.25) is 20.1 Å². The molecule has 370 valence electrons. The Hall–Kier alpha value is -5.22. The van der Waals surface area contributed by atoms with E-state index in [0.717, 1.165) is 19.4 Å². The molecule has 2 amide bonds. The van der Waals surface area contributed by atoms with Gasteiger partial charge in [0, 0.05) is 44.9 Å². The van der Waals surface area contributed by atoms with Crippen molar-refractivity contribution in [3.63, 3.8) is 0 Å². The number of nitrogens with zero attached hydrogens (tertiary/aromatic N) is 8. The molecule has 3 aliphatic rings. The number of benzene rings is 2. The molecule has 70 heavy (non-hydrogen) atoms. The zero-order chi connectivity index (χ0) is 52.6. The number of carbonyl (C=O) groups excluding carboxylic acids is 6. The Balaban J connectivity index is 0.000000218. The monoisotopic (exact) mass is 1100 g/mol. The molecule has 5 heterocycles. The number of amides is 2. The number of ketones is 4. The maximum atomic E-state index is 13.2. The second kappa shape index (κ2) is 21.6. The minimum Gasteiger partial charge on any atom is -0.399 e. The molecule has 18 nitrogen and oxygen atoms in total. The van der Waals surface area contributed by atoms with Crippen molar-refractivity contribution in [1.29, 1.82) is 0 Å². The van der Waals surface area contributed by atoms with Crippen LogP contribution in [-0.2, 0) is 42.6 Å². The third kappa shape index (κ3) is 11.9. The number of hydrogen-bond donors (Lipinski definition) is 0. The lowest BCUT2D eigenvalue weighted by atomic mass is 9.78. The van der Waals surface area contributed by atoms with Gasteiger partial charge in [-0.2, -0.15) is 20.4 Å². The number of hydrogen-bond acceptors (Lipinski definition) is 14. The molecule has 24 heteroatoms. The number of aromatic nitrogens is 4. The summed E-state index contributed by atoms with van der Waals surface area (Å²) in [7, 11) is 5.26. The third-order valence-corrected chi connectivity index (χ3v) is 13.4. The van der Waals surface area contributed by atoms with Gasteiger partial charge in [0.25, 0.3) is 11.1 Å². The Morgan fingerprint density at radius 2 is 0.986 bits per heavy atom. The van der Waals surface area contributed by atoms with Crippen molar-refractivity contribution < 1.29 is 38.1 Å². The summed E-state index contributed by atoms with van der Waals surface area (Å²) in [6.45, 7) is 15.2. The van der Waals surface area contributed by atoms with Crippen molar-refractivity contribution >= 4 is 120 Å². The summed E-state index contributed by atoms with van der Waals surface area (Å²) >= 11 is 28.5. The first-order chi connectivity index (χ1) is 32.4. The topological polar surface area (TPSA) is 222 Å². The molecule has 0 N–H and O–H groups in total. The molecule has 0 atom stereocenters. The molecule has 7 rings (SSSR count). The first-order valence-corrected chi connectivity index (χ1v) is 23.7. The van der Waals surface area contributed by atoms with Crippen LogP contribution in [0.5, 0.6) is 0 Å². The van der Waals surface area contributed by atoms with E-state index in [2.05, 4.69) is 36.3 Å². The molecule has 0 aliphatic carbocycles. The SMILES string of the molecule is CC(C)c1cc(C(=O)c2c(Cl)cc(B3OC(C)(C)C(C)(C)O3)cc2Cl)nn(C)c1=O.CC(C)c1cc(C(=O)c2c(Cl)cc(C3=NN(C)C(=O)CC3=O)cc2Cl)nn(C)c1=O.CN1N=C(Br)C(=O)CC1=O. The predicted octanol–water partition coefficient (Wildman–Crippen LogP) is 6.44. The average molecular weight is 1110 g/mol. The highest BCUT2D eigenvalue weighted by Gasteiger charge is 2.52. The van der Waals surface area contributed by atoms with Gasteiger partial charge in [-0.1, -0.05) is 74.1 Å². The van der Waals surface area contributed by atoms with Gasteiger partial charge < -0.3 is 9.31 Å². The average Bonchev–Trinajstić information content (AvgIpc) is 3.48. The van der Waals surface area contributed by atoms with Gasteiger partial charge >= 0.3 is 7.12 Å². The van der Waals surface area contributed by atoms with Crippen LogP contribution < -0.4 is 16.6 Å². The number of halogens is 5. The summed E-state index contributed by atoms with van der Waals surface area (Å²) in [5.74, 6) is -2.60. The normalized spacial score (nSPS) is 16.5. The van der Waals surface area contributed by atoms with E-state index >= 15 is 0 Å². The molecule has 2 aromatic heterocycles. The highest BCUT2D eigenvalue weighted by Crippen LogP contribution is 2.37. The molecule has 0 radical (unpaired) electrons. The molecule has 0 saturated carbocycles. The van der Waals surface area contributed by atoms with Crippen molar-refractivity contribution in [2.24, 2.45) is 24.3 Å². The Bertz CT molecular complexity index is 3000. The minimum atomic E-state index is -0.655. The predicted molar refractivity (Wildman–Crippen MR) is 270 cm³/mol. The van der Waals surface area contributed by atoms with E-state index in [1.807, 2.05) is 55.4 Å². The van der Waals surface area contributed by atoms with Crippen molar-refractivity contribution in [2.75, 3.05) is 14.1 Å². The second-order valence-corrected chi connectivity index (χ2v) is 20.3. The summed E-state index contributed by atoms with van der Waals surface area (Å²) in [6.07, 6.45) is -0.397. The highest BCUT2D eigenvalue weighted by molar-refractivity contribution is 9.19. The van der Waals surface area contributed by atoms with E-state index in [-0.39, 0.29) is 100 Å². The summed E-state index contributed by atoms with van der Waals surface area (Å²) in [4.78, 5) is 96.0. The number of aryl methyl sites for hydroxylation is 2. The summed E-state index contributed by atoms with van der Waals surface area (Å²) in [5.41, 5.74) is 0.565. The van der Waals surface area contributed by atoms with Crippen LogP contribution in [0.1, 0.15) is 129 Å². The highest BCUT2D eigenvalue weighted by atomic mass is 79.9. The van der Waals surface area contributed by atoms with Crippen molar-refractivity contribution in [3.05, 3.63) is 116 Å². The van der Waals surface area contributed by atoms with Crippen molar-refractivity contribution in [3.8, 4) is 0 Å². The smallest absolute Gasteiger partial charge is 0.399 e. The van der Waals surface area contributed by atoms with E-state index in [4.69, 9.17) is 55.7 Å². The van der Waals surface area contributed by atoms with Crippen molar-refractivity contribution in [2.45, 2.75) is 91.3 Å². The maximum Gasteiger partial charge on any atom is 0.494 e. The van der Waals surface area contributed by atoms with E-state index in [0.29, 0.717) is 22.2 Å². The largest absolute Gasteiger partial charge is 0.494 e. The van der Waals surface area contributed by atoms with Gasteiger partial charge in [0.2, 0.25) is 23.4 Å². The molecule has 2 aromatic carbocycles. The molecule has 1 fully saturated rings. The van der Waals surface area contributed by atoms with Crippen LogP contribution in [0.4, 0.5) is 0 Å². The third-order valence-electron chi connectivity index (χ3n) is 11.6. The van der Waals surface area contributed by atoms with Crippen LogP contribution in [0.15, 0.2) is 56.2 Å². The Morgan fingerprint density at radius 3 is 1.37 bits per heavy atom. The van der Waals surface area contributed by atoms with Gasteiger partial charge in [0.05, 0.1) is 55.3 Å². The molecular formula is C46H48BBrCl4N8O10. The first kappa shape index (κ1) is 55.7. The van der Waals surface area contributed by atoms with Crippen LogP contribution >= 0.6 is 62.3 Å². The number of hydrazone groups is 2. The van der Waals surface area contributed by atoms with Gasteiger partial charge in [-0.3, -0.25) is 38.4 Å². The fraction of sp³-hybridized carbons (Fsp3) is 0.391. The zero-order valence-corrected chi connectivity index (χ0v) is 44.8. The van der Waals surface area contributed by atoms with E-state index in [9.17, 15) is 38.4 Å². The van der Waals surface area contributed by atoms with E-state index < -0.39 is 41.6 Å². The molecule has 1 saturated heterocycles. The summed E-state index contributed by atoms with van der Waals surface area (Å²) in [6, 6.07) is 8.97. The van der Waals surface area contributed by atoms with E-state index in [1.165, 1.54) is 52.5 Å². The van der Waals surface area contributed by atoms with Crippen LogP contribution in [0.25, 0.3) is 0 Å². The Kier molecular flexibility index (Phi) is 17.2. The van der Waals surface area contributed by atoms with Gasteiger partial charge in [-0.15, -0.1) is 0 Å². The second-order valence-electron chi connectivity index (χ2n) is 17.9. The lowest BCUT2D eigenvalue weighted by molar-refractivity contribution is -0.135. The van der Waals surface area contributed by atoms with E-state index in [1.54, 1.807) is 12.1 Å². The molecular weight excluding hydrogens is 1060 g/mol. The van der Waals surface area contributed by atoms with Crippen LogP contribution in [0.3, 0.4) is 0 Å². The fourth-order valence-electron chi connectivity index (χ4n) is 6.80. The molecule has 3 aliphatic heterocycles. The molecule has 0 spiro atoms. The van der Waals surface area contributed by atoms with Gasteiger partial charge in [0.1, 0.15) is 17.1 Å². The maximum absolute atomic E-state index is 13.2. The summed E-state index contributed by atoms with van der Waals surface area (Å²) < 4.78 is 14.6. The Labute approximate surface area is 431 Å². The minimum absolute atomic E-state index is 0.000645. The standard InChI is InChI=1S/C21H25BCl2N2O4.C20H18Cl2N4O4.C5H5BrN2O2/c1-11(2)13-10-16(25-26(7)19(13)28)18(27)17-14(23)8-12(9-15(17)24)22-29-20(3,4)21(5,6)30-22;1-9(2)11-7-14(23-26(4)20(11)30)19(29)17-12(21)5-10(6-13(17)22)18-15(27)8-16(28)25(3)24-18;1-8-4(10)2-3(9)5(6)7-8/h8-11H,1-7H3;5-7,9H,8H2,1-4H3;2H2,1H3. The summed E-state index contributed by atoms with van der Waals surface area (Å²) in [5, 5.41) is 18.3. The molecule has 4 aromatic rings. The lowest BCUT2D eigenvalue weighted by Gasteiger charge is -2.32. The van der Waals surface area contributed by atoms with Gasteiger partial charge in [-0.25, -0.2) is 19.4 Å². The molecule has 0 unspecified atom stereocenters. The van der Waals surface area contributed by atoms with Crippen LogP contribution in [0, 0.1) is 0 Å². The molecule has 0 bridgehead atoms. The number of rotatable bonds is 8. The zero-order valence-electron chi connectivity index (χ0n) is 40.2. The van der Waals surface area contributed by atoms with Crippen molar-refractivity contribution in [1.82, 2.24) is 29.6 Å². The first-order valence-electron chi connectivity index (χ1n) is 21.4. The lowest BCUT2D eigenvalue weighted by Crippen LogP contribution is -2.41. The number of Topliss-reactive ketones (excluding diaryl/α,β-unsaturated/α-hetero) is 2. The fourth-order valence-corrected chi connectivity index (χ4v) is 8.52. The quantitative estimate of drug-likeness (QED) is 0.106. The number of carbonyl (C=O) groups is 6. The van der Waals surface area contributed by atoms with Crippen LogP contribution in [-0.4, -0.2) is 107 Å². The Morgan fingerprint density at radius 1 is 0.614 bits per heavy atom.